The average molecular weight is 1430 g/mol. The fourth-order valence-electron chi connectivity index (χ4n) is 13.6. The number of benzene rings is 1. The predicted octanol–water partition coefficient (Wildman–Crippen LogP) is 27.7. The zero-order valence-corrected chi connectivity index (χ0v) is 62.8. The topological polar surface area (TPSA) is 74.8 Å². The lowest BCUT2D eigenvalue weighted by Gasteiger charge is -2.14. The zero-order chi connectivity index (χ0) is 64.7. The van der Waals surface area contributed by atoms with Crippen LogP contribution in [0.25, 0.3) is 99.6 Å². The van der Waals surface area contributed by atoms with E-state index in [1.54, 1.807) is 68.0 Å². The molecule has 2 aliphatic heterocycles. The predicted molar refractivity (Wildman–Crippen MR) is 415 cm³/mol. The molecule has 0 bridgehead atoms. The number of unbranched alkanes of at least 4 members (excludes halogenated alkanes) is 20. The summed E-state index contributed by atoms with van der Waals surface area (Å²) in [5.41, 5.74) is 4.90. The van der Waals surface area contributed by atoms with Crippen LogP contribution in [0.3, 0.4) is 0 Å². The molecule has 11 aromatic rings. The molecule has 94 heavy (non-hydrogen) atoms. The molecule has 490 valence electrons. The summed E-state index contributed by atoms with van der Waals surface area (Å²) in [6.07, 6.45) is 30.4. The number of carbonyl (C=O) groups excluding carboxylic acids is 4. The monoisotopic (exact) mass is 1430 g/mol. The van der Waals surface area contributed by atoms with E-state index in [4.69, 9.17) is 0 Å². The number of hydrogen-bond acceptors (Lipinski definition) is 14. The summed E-state index contributed by atoms with van der Waals surface area (Å²) in [5, 5.41) is 6.65. The molecule has 0 N–H and O–H groups in total. The van der Waals surface area contributed by atoms with Gasteiger partial charge in [-0.15, -0.1) is 113 Å². The van der Waals surface area contributed by atoms with E-state index in [1.165, 1.54) is 186 Å². The molecule has 4 amide bonds. The normalized spacial score (nSPS) is 13.3. The fourth-order valence-corrected chi connectivity index (χ4v) is 25.1. The first-order valence-corrected chi connectivity index (χ1v) is 43.0. The number of aryl methyl sites for hydroxylation is 2. The molecule has 0 unspecified atom stereocenters. The van der Waals surface area contributed by atoms with Gasteiger partial charge in [-0.2, -0.15) is 0 Å². The van der Waals surface area contributed by atoms with Crippen LogP contribution in [0.15, 0.2) is 95.7 Å². The van der Waals surface area contributed by atoms with Crippen LogP contribution in [0.1, 0.15) is 233 Å². The molecular weight excluding hydrogens is 1350 g/mol. The van der Waals surface area contributed by atoms with E-state index in [-0.39, 0.29) is 23.6 Å². The van der Waals surface area contributed by atoms with Gasteiger partial charge in [-0.3, -0.25) is 29.0 Å². The second-order valence-corrected chi connectivity index (χ2v) is 35.9. The lowest BCUT2D eigenvalue weighted by atomic mass is 9.99. The number of nitrogens with zero attached hydrogens (tertiary/aromatic N) is 2. The van der Waals surface area contributed by atoms with Crippen LogP contribution in [-0.4, -0.2) is 46.5 Å². The number of hydrogen-bond donors (Lipinski definition) is 0. The minimum atomic E-state index is -0.152. The average Bonchev–Trinajstić information content (AvgIpc) is 1.55. The van der Waals surface area contributed by atoms with Gasteiger partial charge in [-0.1, -0.05) is 168 Å². The van der Waals surface area contributed by atoms with Gasteiger partial charge >= 0.3 is 0 Å². The summed E-state index contributed by atoms with van der Waals surface area (Å²) in [6, 6.07) is 31.6. The summed E-state index contributed by atoms with van der Waals surface area (Å²) < 4.78 is 2.57. The third kappa shape index (κ3) is 14.2. The van der Waals surface area contributed by atoms with Gasteiger partial charge in [0.2, 0.25) is 0 Å². The Balaban J connectivity index is 0.910. The maximum atomic E-state index is 14.7. The quantitative estimate of drug-likeness (QED) is 0.0290. The summed E-state index contributed by atoms with van der Waals surface area (Å²) >= 11 is 17.6. The number of fused-ring (bicyclic) bond motifs is 4. The standard InChI is InChI=1S/C78H84N2O4S10/c1-5-9-13-17-21-25-31-49-35-37-55(87-49)63-51-47-61(53-39-41-59(89-53)73-67-65(71(93-73)57-33-29-45-85-57)75(81)79(77(67)83)43-27-23-19-15-11-7-3)92-70(51)64(56-38-36-50(88-56)32-26-22-18-14-10-6-2)52-48-62(91-69(52)63)54-40-42-60(90-54)74-68-66(72(94-74)58-34-30-46-86-58)76(82)80(78(68)84)44-28-24-20-16-12-8-4/h29-30,33-42,45-48H,5-28,31-32,43-44H2,1-4H3. The highest BCUT2D eigenvalue weighted by Gasteiger charge is 2.44. The number of imide groups is 2. The molecule has 0 saturated carbocycles. The van der Waals surface area contributed by atoms with Crippen LogP contribution in [0.5, 0.6) is 0 Å². The molecule has 1 aromatic carbocycles. The Kier molecular flexibility index (Phi) is 22.8. The molecule has 0 spiro atoms. The molecule has 0 radical (unpaired) electrons. The Morgan fingerprint density at radius 3 is 0.979 bits per heavy atom. The van der Waals surface area contributed by atoms with Gasteiger partial charge in [-0.05, 0) is 122 Å². The Labute approximate surface area is 595 Å². The van der Waals surface area contributed by atoms with Gasteiger partial charge in [-0.25, -0.2) is 0 Å². The van der Waals surface area contributed by atoms with Crippen molar-refractivity contribution in [1.29, 1.82) is 0 Å². The van der Waals surface area contributed by atoms with E-state index in [2.05, 4.69) is 111 Å². The number of rotatable bonds is 36. The van der Waals surface area contributed by atoms with Crippen LogP contribution in [0.2, 0.25) is 0 Å². The highest BCUT2D eigenvalue weighted by Crippen LogP contribution is 2.58. The highest BCUT2D eigenvalue weighted by atomic mass is 32.1. The molecule has 0 saturated heterocycles. The second kappa shape index (κ2) is 31.7. The van der Waals surface area contributed by atoms with Crippen molar-refractivity contribution >= 4 is 157 Å². The van der Waals surface area contributed by atoms with Crippen LogP contribution < -0.4 is 0 Å². The van der Waals surface area contributed by atoms with Crippen molar-refractivity contribution in [3.05, 3.63) is 128 Å². The highest BCUT2D eigenvalue weighted by molar-refractivity contribution is 7.32. The Hall–Kier alpha value is -4.98. The van der Waals surface area contributed by atoms with Crippen molar-refractivity contribution in [2.75, 3.05) is 13.1 Å². The number of thiophene rings is 10. The minimum absolute atomic E-state index is 0.149. The molecule has 0 fully saturated rings. The molecule has 13 rings (SSSR count). The van der Waals surface area contributed by atoms with Crippen molar-refractivity contribution in [2.24, 2.45) is 0 Å². The number of amides is 4. The van der Waals surface area contributed by atoms with Gasteiger partial charge in [0, 0.05) is 103 Å². The van der Waals surface area contributed by atoms with Gasteiger partial charge in [0.15, 0.2) is 0 Å². The second-order valence-electron chi connectivity index (χ2n) is 25.4. The lowest BCUT2D eigenvalue weighted by Crippen LogP contribution is -2.31. The van der Waals surface area contributed by atoms with Crippen molar-refractivity contribution < 1.29 is 19.2 Å². The summed E-state index contributed by atoms with van der Waals surface area (Å²) in [5.74, 6) is -0.601. The van der Waals surface area contributed by atoms with Gasteiger partial charge in [0.25, 0.3) is 23.6 Å². The van der Waals surface area contributed by atoms with Crippen molar-refractivity contribution in [3.8, 4) is 79.4 Å². The van der Waals surface area contributed by atoms with Crippen LogP contribution in [-0.2, 0) is 12.8 Å². The molecule has 10 aromatic heterocycles. The van der Waals surface area contributed by atoms with Crippen LogP contribution in [0.4, 0.5) is 0 Å². The van der Waals surface area contributed by atoms with E-state index >= 15 is 0 Å². The first kappa shape index (κ1) is 67.6. The smallest absolute Gasteiger partial charge is 0.263 e. The van der Waals surface area contributed by atoms with Gasteiger partial charge in [0.05, 0.1) is 41.8 Å². The maximum absolute atomic E-state index is 14.7. The third-order valence-corrected chi connectivity index (χ3v) is 30.6. The Bertz CT molecular complexity index is 4080. The van der Waals surface area contributed by atoms with E-state index in [0.717, 1.165) is 100 Å². The van der Waals surface area contributed by atoms with Crippen LogP contribution in [0, 0.1) is 0 Å². The minimum Gasteiger partial charge on any atom is -0.274 e. The summed E-state index contributed by atoms with van der Waals surface area (Å²) in [4.78, 5) is 79.2. The van der Waals surface area contributed by atoms with Crippen molar-refractivity contribution in [1.82, 2.24) is 9.80 Å². The first-order valence-electron chi connectivity index (χ1n) is 34.7. The molecular formula is C78H84N2O4S10. The Morgan fingerprint density at radius 2 is 0.617 bits per heavy atom. The van der Waals surface area contributed by atoms with E-state index in [0.29, 0.717) is 35.3 Å². The van der Waals surface area contributed by atoms with Gasteiger partial charge in [0.1, 0.15) is 0 Å². The van der Waals surface area contributed by atoms with E-state index in [1.807, 2.05) is 57.5 Å². The SMILES string of the molecule is CCCCCCCCc1ccc(-c2c3cc(-c4ccc(-c5sc(-c6cccs6)c6c5C(=O)N(CCCCCCCC)C6=O)s4)sc3c(-c3ccc(CCCCCCCC)s3)c3cc(-c4ccc(-c5sc(-c6cccs6)c6c5C(=O)N(CCCCCCCC)C6=O)s4)sc23)s1. The summed E-state index contributed by atoms with van der Waals surface area (Å²) in [6.45, 7) is 9.93. The molecule has 6 nitrogen and oxygen atoms in total. The summed E-state index contributed by atoms with van der Waals surface area (Å²) in [7, 11) is 0. The zero-order valence-electron chi connectivity index (χ0n) is 54.6. The largest absolute Gasteiger partial charge is 0.274 e. The molecule has 0 atom stereocenters. The number of carbonyl (C=O) groups is 4. The van der Waals surface area contributed by atoms with Gasteiger partial charge < -0.3 is 0 Å². The van der Waals surface area contributed by atoms with Crippen LogP contribution >= 0.6 is 113 Å². The first-order chi connectivity index (χ1) is 46.2. The Morgan fingerprint density at radius 1 is 0.287 bits per heavy atom. The molecule has 16 heteroatoms. The van der Waals surface area contributed by atoms with E-state index < -0.39 is 0 Å². The van der Waals surface area contributed by atoms with Crippen molar-refractivity contribution in [2.45, 2.75) is 195 Å². The maximum Gasteiger partial charge on any atom is 0.263 e. The molecule has 2 aliphatic rings. The molecule has 12 heterocycles. The lowest BCUT2D eigenvalue weighted by molar-refractivity contribution is 0.0636. The molecule has 0 aliphatic carbocycles. The third-order valence-electron chi connectivity index (χ3n) is 18.6. The fraction of sp³-hybridized carbons (Fsp3) is 0.410. The van der Waals surface area contributed by atoms with E-state index in [9.17, 15) is 19.2 Å². The van der Waals surface area contributed by atoms with Crippen molar-refractivity contribution in [3.63, 3.8) is 0 Å².